The molecule has 2 nitrogen and oxygen atoms in total. The summed E-state index contributed by atoms with van der Waals surface area (Å²) in [6.45, 7) is 9.44. The van der Waals surface area contributed by atoms with Crippen LogP contribution in [0.15, 0.2) is 0 Å². The van der Waals surface area contributed by atoms with Gasteiger partial charge < -0.3 is 5.32 Å². The second kappa shape index (κ2) is 3.65. The molecule has 0 bridgehead atoms. The standard InChI is InChI=1S/C12H23NO/c1-9(14)12(4)6-10(7-13-5)11(2,3)8-12/h10,13H,6-8H2,1-5H3. The van der Waals surface area contributed by atoms with E-state index in [0.717, 1.165) is 19.4 Å². The van der Waals surface area contributed by atoms with Crippen LogP contribution < -0.4 is 5.32 Å². The molecule has 1 N–H and O–H groups in total. The molecule has 0 spiro atoms. The molecule has 0 aliphatic heterocycles. The van der Waals surface area contributed by atoms with Crippen molar-refractivity contribution in [1.29, 1.82) is 0 Å². The smallest absolute Gasteiger partial charge is 0.135 e. The van der Waals surface area contributed by atoms with Crippen LogP contribution in [0.2, 0.25) is 0 Å². The third kappa shape index (κ3) is 2.00. The lowest BCUT2D eigenvalue weighted by Crippen LogP contribution is -2.27. The first kappa shape index (κ1) is 11.7. The molecule has 2 unspecified atom stereocenters. The van der Waals surface area contributed by atoms with E-state index >= 15 is 0 Å². The molecule has 0 radical (unpaired) electrons. The molecule has 1 saturated carbocycles. The van der Waals surface area contributed by atoms with Gasteiger partial charge in [-0.3, -0.25) is 4.79 Å². The second-order valence-electron chi connectivity index (χ2n) is 5.74. The van der Waals surface area contributed by atoms with Crippen LogP contribution >= 0.6 is 0 Å². The van der Waals surface area contributed by atoms with Crippen LogP contribution in [0.25, 0.3) is 0 Å². The molecule has 1 fully saturated rings. The molecule has 0 aromatic carbocycles. The fraction of sp³-hybridized carbons (Fsp3) is 0.917. The minimum absolute atomic E-state index is 0.0784. The third-order valence-corrected chi connectivity index (χ3v) is 3.95. The predicted octanol–water partition coefficient (Wildman–Crippen LogP) is 2.24. The number of carbonyl (C=O) groups excluding carboxylic acids is 1. The Hall–Kier alpha value is -0.370. The zero-order valence-corrected chi connectivity index (χ0v) is 10.1. The highest BCUT2D eigenvalue weighted by atomic mass is 16.1. The molecule has 2 atom stereocenters. The van der Waals surface area contributed by atoms with Gasteiger partial charge in [0, 0.05) is 5.41 Å². The van der Waals surface area contributed by atoms with Gasteiger partial charge in [0.05, 0.1) is 0 Å². The summed E-state index contributed by atoms with van der Waals surface area (Å²) in [6, 6.07) is 0. The lowest BCUT2D eigenvalue weighted by atomic mass is 9.79. The summed E-state index contributed by atoms with van der Waals surface area (Å²) in [4.78, 5) is 11.6. The molecule has 1 aliphatic carbocycles. The van der Waals surface area contributed by atoms with Gasteiger partial charge in [-0.05, 0) is 44.7 Å². The van der Waals surface area contributed by atoms with Gasteiger partial charge in [0.1, 0.15) is 5.78 Å². The summed E-state index contributed by atoms with van der Waals surface area (Å²) >= 11 is 0. The lowest BCUT2D eigenvalue weighted by Gasteiger charge is -2.26. The van der Waals surface area contributed by atoms with Crippen LogP contribution in [0.4, 0.5) is 0 Å². The summed E-state index contributed by atoms with van der Waals surface area (Å²) in [5.74, 6) is 0.977. The summed E-state index contributed by atoms with van der Waals surface area (Å²) in [5.41, 5.74) is 0.217. The minimum atomic E-state index is -0.0784. The molecule has 14 heavy (non-hydrogen) atoms. The van der Waals surface area contributed by atoms with E-state index in [4.69, 9.17) is 0 Å². The zero-order valence-electron chi connectivity index (χ0n) is 10.1. The Morgan fingerprint density at radius 2 is 2.00 bits per heavy atom. The normalized spacial score (nSPS) is 35.9. The van der Waals surface area contributed by atoms with E-state index in [1.54, 1.807) is 6.92 Å². The van der Waals surface area contributed by atoms with Crippen LogP contribution in [0, 0.1) is 16.7 Å². The Morgan fingerprint density at radius 3 is 2.36 bits per heavy atom. The summed E-state index contributed by atoms with van der Waals surface area (Å²) in [5, 5.41) is 3.23. The average molecular weight is 197 g/mol. The number of Topliss-reactive ketones (excluding diaryl/α,β-unsaturated/α-hetero) is 1. The topological polar surface area (TPSA) is 29.1 Å². The van der Waals surface area contributed by atoms with Crippen molar-refractivity contribution in [3.05, 3.63) is 0 Å². The van der Waals surface area contributed by atoms with Crippen molar-refractivity contribution in [2.24, 2.45) is 16.7 Å². The Kier molecular flexibility index (Phi) is 3.05. The van der Waals surface area contributed by atoms with E-state index in [1.807, 2.05) is 7.05 Å². The summed E-state index contributed by atoms with van der Waals surface area (Å²) in [7, 11) is 1.99. The highest BCUT2D eigenvalue weighted by molar-refractivity contribution is 5.82. The van der Waals surface area contributed by atoms with Crippen LogP contribution in [-0.4, -0.2) is 19.4 Å². The molecule has 0 aromatic heterocycles. The quantitative estimate of drug-likeness (QED) is 0.751. The largest absolute Gasteiger partial charge is 0.319 e. The first-order chi connectivity index (χ1) is 6.32. The van der Waals surface area contributed by atoms with Crippen molar-refractivity contribution in [3.63, 3.8) is 0 Å². The Labute approximate surface area is 87.5 Å². The van der Waals surface area contributed by atoms with Gasteiger partial charge in [-0.2, -0.15) is 0 Å². The average Bonchev–Trinajstić information content (AvgIpc) is 2.24. The number of carbonyl (C=O) groups is 1. The fourth-order valence-electron chi connectivity index (χ4n) is 2.91. The van der Waals surface area contributed by atoms with Gasteiger partial charge in [0.15, 0.2) is 0 Å². The maximum Gasteiger partial charge on any atom is 0.135 e. The monoisotopic (exact) mass is 197 g/mol. The predicted molar refractivity (Wildman–Crippen MR) is 59.2 cm³/mol. The Morgan fingerprint density at radius 1 is 1.43 bits per heavy atom. The molecular weight excluding hydrogens is 174 g/mol. The van der Waals surface area contributed by atoms with Crippen molar-refractivity contribution < 1.29 is 4.79 Å². The zero-order chi connectivity index (χ0) is 11.0. The summed E-state index contributed by atoms with van der Waals surface area (Å²) < 4.78 is 0. The van der Waals surface area contributed by atoms with E-state index in [0.29, 0.717) is 17.1 Å². The molecule has 1 aliphatic rings. The second-order valence-corrected chi connectivity index (χ2v) is 5.74. The molecule has 0 aromatic rings. The highest BCUT2D eigenvalue weighted by Crippen LogP contribution is 2.52. The molecule has 0 saturated heterocycles. The molecule has 1 rings (SSSR count). The maximum atomic E-state index is 11.6. The van der Waals surface area contributed by atoms with Crippen molar-refractivity contribution >= 4 is 5.78 Å². The van der Waals surface area contributed by atoms with Gasteiger partial charge >= 0.3 is 0 Å². The van der Waals surface area contributed by atoms with Crippen LogP contribution in [0.3, 0.4) is 0 Å². The molecule has 2 heteroatoms. The maximum absolute atomic E-state index is 11.6. The number of hydrogen-bond acceptors (Lipinski definition) is 2. The summed E-state index contributed by atoms with van der Waals surface area (Å²) in [6.07, 6.45) is 2.07. The van der Waals surface area contributed by atoms with E-state index in [1.165, 1.54) is 0 Å². The minimum Gasteiger partial charge on any atom is -0.319 e. The van der Waals surface area contributed by atoms with Gasteiger partial charge in [-0.25, -0.2) is 0 Å². The van der Waals surface area contributed by atoms with E-state index < -0.39 is 0 Å². The van der Waals surface area contributed by atoms with Crippen LogP contribution in [0.1, 0.15) is 40.5 Å². The molecular formula is C12H23NO. The third-order valence-electron chi connectivity index (χ3n) is 3.95. The molecule has 82 valence electrons. The number of hydrogen-bond donors (Lipinski definition) is 1. The number of ketones is 1. The molecule has 0 heterocycles. The first-order valence-electron chi connectivity index (χ1n) is 5.47. The van der Waals surface area contributed by atoms with Gasteiger partial charge in [0.25, 0.3) is 0 Å². The van der Waals surface area contributed by atoms with Gasteiger partial charge in [-0.1, -0.05) is 20.8 Å². The van der Waals surface area contributed by atoms with E-state index in [2.05, 4.69) is 26.1 Å². The Balaban J connectivity index is 2.80. The van der Waals surface area contributed by atoms with Gasteiger partial charge in [0.2, 0.25) is 0 Å². The fourth-order valence-corrected chi connectivity index (χ4v) is 2.91. The number of rotatable bonds is 3. The Bertz CT molecular complexity index is 234. The highest BCUT2D eigenvalue weighted by Gasteiger charge is 2.48. The SMILES string of the molecule is CNCC1CC(C)(C(C)=O)CC1(C)C. The van der Waals surface area contributed by atoms with Crippen molar-refractivity contribution in [1.82, 2.24) is 5.32 Å². The van der Waals surface area contributed by atoms with E-state index in [-0.39, 0.29) is 5.41 Å². The van der Waals surface area contributed by atoms with Gasteiger partial charge in [-0.15, -0.1) is 0 Å². The lowest BCUT2D eigenvalue weighted by molar-refractivity contribution is -0.125. The number of nitrogens with one attached hydrogen (secondary N) is 1. The van der Waals surface area contributed by atoms with Crippen LogP contribution in [0.5, 0.6) is 0 Å². The molecule has 0 amide bonds. The van der Waals surface area contributed by atoms with Crippen LogP contribution in [-0.2, 0) is 4.79 Å². The van der Waals surface area contributed by atoms with Crippen molar-refractivity contribution in [3.8, 4) is 0 Å². The van der Waals surface area contributed by atoms with Crippen molar-refractivity contribution in [2.75, 3.05) is 13.6 Å². The van der Waals surface area contributed by atoms with E-state index in [9.17, 15) is 4.79 Å². The first-order valence-corrected chi connectivity index (χ1v) is 5.47. The van der Waals surface area contributed by atoms with Crippen molar-refractivity contribution in [2.45, 2.75) is 40.5 Å².